The molecule has 0 saturated heterocycles. The summed E-state index contributed by atoms with van der Waals surface area (Å²) in [6, 6.07) is 28.8. The van der Waals surface area contributed by atoms with Crippen LogP contribution in [0.1, 0.15) is 22.8 Å². The second-order valence-corrected chi connectivity index (χ2v) is 15.2. The quantitative estimate of drug-likeness (QED) is 0.113. The Bertz CT molecular complexity index is 3080. The number of nitrogens with zero attached hydrogens (tertiary/aromatic N) is 2. The van der Waals surface area contributed by atoms with Crippen molar-refractivity contribution in [3.63, 3.8) is 0 Å². The molecule has 0 amide bonds. The van der Waals surface area contributed by atoms with Crippen LogP contribution in [0.25, 0.3) is 90.9 Å². The molecule has 0 spiro atoms. The number of nitrogens with one attached hydrogen (secondary N) is 2. The van der Waals surface area contributed by atoms with Crippen LogP contribution in [0.5, 0.6) is 46.0 Å². The van der Waals surface area contributed by atoms with Crippen LogP contribution < -0.4 is 31.0 Å². The third-order valence-corrected chi connectivity index (χ3v) is 12.0. The van der Waals surface area contributed by atoms with Crippen molar-refractivity contribution in [3.8, 4) is 90.5 Å². The fourth-order valence-corrected chi connectivity index (χ4v) is 9.09. The van der Waals surface area contributed by atoms with Gasteiger partial charge in [-0.1, -0.05) is 24.3 Å². The first kappa shape index (κ1) is 44.6. The molecule has 0 fully saturated rings. The number of fused-ring (bicyclic) bond motifs is 8. The van der Waals surface area contributed by atoms with Gasteiger partial charge in [-0.15, -0.1) is 0 Å². The molecule has 9 rings (SSSR count). The summed E-state index contributed by atoms with van der Waals surface area (Å²) in [4.78, 5) is 17.9. The number of aromatic hydroxyl groups is 1. The minimum Gasteiger partial charge on any atom is -0.540 e. The maximum Gasteiger partial charge on any atom is 2.00 e. The van der Waals surface area contributed by atoms with E-state index in [1.54, 1.807) is 72.8 Å². The Morgan fingerprint density at radius 3 is 0.828 bits per heavy atom. The van der Waals surface area contributed by atoms with E-state index >= 15 is 0 Å². The van der Waals surface area contributed by atoms with Crippen LogP contribution in [0, 0.1) is 0 Å². The first-order valence-electron chi connectivity index (χ1n) is 18.6. The zero-order valence-electron chi connectivity index (χ0n) is 33.0. The summed E-state index contributed by atoms with van der Waals surface area (Å²) in [5, 5.41) is 11.6. The first-order valence-corrected chi connectivity index (χ1v) is 21.5. The summed E-state index contributed by atoms with van der Waals surface area (Å²) in [5.74, 6) is 2.90. The topological polar surface area (TPSA) is 142 Å². The SMILES string of the molecule is Oc1cccc(O[Si])c1-c1c2nc(c(-c3c(O[Si])cccc3O[Si])c3ccc([nH]3)c(-c3c(O[Si])cccc3O[Si])c3nc(c(-c4c(O[Si])cccc4O[Si])c4ccc1[nH]4)C=C3)C=C2.[Zn+2]. The van der Waals surface area contributed by atoms with Gasteiger partial charge in [0.15, 0.2) is 0 Å². The van der Waals surface area contributed by atoms with E-state index in [1.807, 2.05) is 48.6 Å². The molecule has 2 aliphatic rings. The van der Waals surface area contributed by atoms with E-state index < -0.39 is 0 Å². The Labute approximate surface area is 403 Å². The van der Waals surface area contributed by atoms with Gasteiger partial charge in [-0.25, -0.2) is 9.97 Å². The molecule has 0 aliphatic carbocycles. The van der Waals surface area contributed by atoms with Gasteiger partial charge in [-0.05, 0) is 97.1 Å². The van der Waals surface area contributed by atoms with Gasteiger partial charge in [0.1, 0.15) is 46.0 Å². The average Bonchev–Trinajstić information content (AvgIpc) is 4.17. The molecule has 0 saturated carbocycles. The van der Waals surface area contributed by atoms with E-state index in [9.17, 15) is 5.11 Å². The number of benzene rings is 4. The van der Waals surface area contributed by atoms with Crippen molar-refractivity contribution in [2.45, 2.75) is 0 Å². The fraction of sp³-hybridized carbons (Fsp3) is 0. The van der Waals surface area contributed by atoms with Crippen molar-refractivity contribution >= 4 is 120 Å². The largest absolute Gasteiger partial charge is 2.00 e. The molecule has 21 radical (unpaired) electrons. The second kappa shape index (κ2) is 19.0. The van der Waals surface area contributed by atoms with E-state index in [0.29, 0.717) is 130 Å². The second-order valence-electron chi connectivity index (χ2n) is 13.8. The number of H-pyrrole nitrogens is 2. The van der Waals surface area contributed by atoms with Gasteiger partial charge in [0.25, 0.3) is 0 Å². The molecule has 7 aromatic rings. The summed E-state index contributed by atoms with van der Waals surface area (Å²) >= 11 is 0. The predicted octanol–water partition coefficient (Wildman–Crippen LogP) is 7.26. The van der Waals surface area contributed by atoms with Crippen LogP contribution in [0.2, 0.25) is 0 Å². The number of phenolic OH excluding ortho intramolecular Hbond substituents is 1. The third-order valence-electron chi connectivity index (χ3n) is 10.5. The van der Waals surface area contributed by atoms with Crippen molar-refractivity contribution < 1.29 is 55.6 Å². The van der Waals surface area contributed by atoms with E-state index in [0.717, 1.165) is 0 Å². The molecule has 3 aromatic heterocycles. The van der Waals surface area contributed by atoms with Gasteiger partial charge in [0.05, 0.1) is 45.0 Å². The van der Waals surface area contributed by atoms with Gasteiger partial charge in [-0.2, -0.15) is 0 Å². The normalized spacial score (nSPS) is 11.5. The maximum absolute atomic E-state index is 11.6. The summed E-state index contributed by atoms with van der Waals surface area (Å²) in [7, 11) is 22.9. The molecule has 20 heteroatoms. The summed E-state index contributed by atoms with van der Waals surface area (Å²) in [6.45, 7) is 0. The Morgan fingerprint density at radius 1 is 0.328 bits per heavy atom. The molecule has 295 valence electrons. The van der Waals surface area contributed by atoms with Gasteiger partial charge in [0, 0.05) is 44.3 Å². The van der Waals surface area contributed by atoms with Gasteiger partial charge in [-0.3, -0.25) is 0 Å². The average molecular weight is 998 g/mol. The number of hydrogen-bond acceptors (Lipinski definition) is 10. The van der Waals surface area contributed by atoms with E-state index in [-0.39, 0.29) is 25.2 Å². The van der Waals surface area contributed by atoms with Crippen molar-refractivity contribution in [3.05, 3.63) is 120 Å². The van der Waals surface area contributed by atoms with Crippen LogP contribution >= 0.6 is 0 Å². The zero-order chi connectivity index (χ0) is 43.8. The molecule has 8 bridgehead atoms. The number of rotatable bonds is 11. The fourth-order valence-electron chi connectivity index (χ4n) is 7.90. The number of phenols is 1. The van der Waals surface area contributed by atoms with Crippen LogP contribution in [-0.2, 0) is 19.5 Å². The molecule has 64 heavy (non-hydrogen) atoms. The standard InChI is InChI=1S/C44H23N4O8Si7.Zn/c49-29-5-1-6-30(50-57)41(29)37-21-13-15-23(45-21)38(42-31(51-58)7-2-8-32(42)52-59)25-17-19-27(47-25)40(44-35(55-62)11-4-12-36(44)56-63)28-20-18-26(48-28)39(24-16-14-22(37)46-24)43-33(53-60)9-3-10-34(43)54-61;/h1-20,45,48-49H;/q;+2. The van der Waals surface area contributed by atoms with Crippen molar-refractivity contribution in [1.82, 2.24) is 19.9 Å². The minimum atomic E-state index is -0.0528. The van der Waals surface area contributed by atoms with Crippen molar-refractivity contribution in [2.75, 3.05) is 0 Å². The van der Waals surface area contributed by atoms with Gasteiger partial charge in [0.2, 0.25) is 0 Å². The van der Waals surface area contributed by atoms with Crippen LogP contribution in [0.4, 0.5) is 0 Å². The van der Waals surface area contributed by atoms with Gasteiger partial charge < -0.3 is 46.1 Å². The van der Waals surface area contributed by atoms with Crippen molar-refractivity contribution in [1.29, 1.82) is 0 Å². The molecule has 4 aromatic carbocycles. The van der Waals surface area contributed by atoms with Gasteiger partial charge >= 0.3 is 92.9 Å². The Morgan fingerprint density at radius 2 is 0.562 bits per heavy atom. The third kappa shape index (κ3) is 7.74. The van der Waals surface area contributed by atoms with Crippen molar-refractivity contribution in [2.24, 2.45) is 0 Å². The molecular formula is C44H23N4O8Si7Zn+2. The van der Waals surface area contributed by atoms with E-state index in [1.165, 1.54) is 0 Å². The smallest absolute Gasteiger partial charge is 0.540 e. The molecule has 12 nitrogen and oxygen atoms in total. The van der Waals surface area contributed by atoms with Crippen LogP contribution in [-0.4, -0.2) is 98.4 Å². The molecule has 5 heterocycles. The minimum absolute atomic E-state index is 0. The first-order chi connectivity index (χ1) is 30.8. The molecule has 2 aliphatic heterocycles. The Hall–Kier alpha value is -5.98. The number of aromatic amines is 2. The molecule has 3 N–H and O–H groups in total. The molecule has 0 unspecified atom stereocenters. The molecular weight excluding hydrogens is 974 g/mol. The van der Waals surface area contributed by atoms with Crippen LogP contribution in [0.15, 0.2) is 97.1 Å². The Balaban J connectivity index is 0.00000560. The Kier molecular flexibility index (Phi) is 13.3. The predicted molar refractivity (Wildman–Crippen MR) is 247 cm³/mol. The monoisotopic (exact) mass is 995 g/mol. The summed E-state index contributed by atoms with van der Waals surface area (Å²) < 4.78 is 40.3. The zero-order valence-corrected chi connectivity index (χ0v) is 42.9. The van der Waals surface area contributed by atoms with Crippen LogP contribution in [0.3, 0.4) is 0 Å². The molecule has 0 atom stereocenters. The number of aromatic nitrogens is 4. The van der Waals surface area contributed by atoms with E-state index in [2.05, 4.69) is 83.4 Å². The summed E-state index contributed by atoms with van der Waals surface area (Å²) in [5.41, 5.74) is 8.86. The maximum atomic E-state index is 11.6. The number of hydrogen-bond donors (Lipinski definition) is 3. The van der Waals surface area contributed by atoms with E-state index in [4.69, 9.17) is 40.9 Å². The summed E-state index contributed by atoms with van der Waals surface area (Å²) in [6.07, 6.45) is 7.54.